The minimum Gasteiger partial charge on any atom is -0.376 e. The van der Waals surface area contributed by atoms with Gasteiger partial charge in [-0.1, -0.05) is 17.2 Å². The molecule has 1 aromatic carbocycles. The molecule has 23 heavy (non-hydrogen) atoms. The molecule has 1 aliphatic rings. The standard InChI is InChI=1S/C16H13N3O4/c1-18(2)12-8-5-9-17-13(12)16(22)23-19-14(20)10-6-3-4-7-11(10)15(19)21/h3-9H,1-2H3. The van der Waals surface area contributed by atoms with Crippen LogP contribution in [0.1, 0.15) is 31.2 Å². The number of benzene rings is 1. The van der Waals surface area contributed by atoms with Crippen LogP contribution in [0.2, 0.25) is 0 Å². The number of aromatic nitrogens is 1. The number of carbonyl (C=O) groups is 3. The van der Waals surface area contributed by atoms with Gasteiger partial charge in [-0.25, -0.2) is 9.78 Å². The minimum absolute atomic E-state index is 0.0223. The molecular formula is C16H13N3O4. The molecule has 2 aromatic rings. The number of amides is 2. The predicted molar refractivity (Wildman–Crippen MR) is 80.9 cm³/mol. The molecule has 2 amide bonds. The first-order chi connectivity index (χ1) is 11.0. The molecular weight excluding hydrogens is 298 g/mol. The van der Waals surface area contributed by atoms with Crippen LogP contribution in [0.5, 0.6) is 0 Å². The van der Waals surface area contributed by atoms with Crippen LogP contribution in [0.4, 0.5) is 5.69 Å². The number of hydrogen-bond acceptors (Lipinski definition) is 6. The van der Waals surface area contributed by atoms with Crippen LogP contribution in [0.25, 0.3) is 0 Å². The van der Waals surface area contributed by atoms with Gasteiger partial charge in [-0.3, -0.25) is 9.59 Å². The minimum atomic E-state index is -0.871. The first-order valence-corrected chi connectivity index (χ1v) is 6.83. The van der Waals surface area contributed by atoms with E-state index < -0.39 is 17.8 Å². The van der Waals surface area contributed by atoms with Crippen LogP contribution in [-0.4, -0.2) is 41.9 Å². The molecule has 0 unspecified atom stereocenters. The van der Waals surface area contributed by atoms with E-state index in [0.717, 1.165) is 0 Å². The number of pyridine rings is 1. The second kappa shape index (κ2) is 5.53. The quantitative estimate of drug-likeness (QED) is 0.800. The van der Waals surface area contributed by atoms with E-state index in [9.17, 15) is 14.4 Å². The Morgan fingerprint density at radius 2 is 1.65 bits per heavy atom. The summed E-state index contributed by atoms with van der Waals surface area (Å²) in [7, 11) is 3.49. The van der Waals surface area contributed by atoms with E-state index in [1.165, 1.54) is 18.3 Å². The van der Waals surface area contributed by atoms with Crippen molar-refractivity contribution < 1.29 is 19.2 Å². The third-order valence-corrected chi connectivity index (χ3v) is 3.39. The van der Waals surface area contributed by atoms with Gasteiger partial charge in [0, 0.05) is 20.3 Å². The number of carbonyl (C=O) groups excluding carboxylic acids is 3. The van der Waals surface area contributed by atoms with Crippen molar-refractivity contribution in [2.45, 2.75) is 0 Å². The van der Waals surface area contributed by atoms with Crippen LogP contribution in [-0.2, 0) is 4.84 Å². The molecule has 7 heteroatoms. The largest absolute Gasteiger partial charge is 0.384 e. The Morgan fingerprint density at radius 3 is 2.22 bits per heavy atom. The number of imide groups is 1. The topological polar surface area (TPSA) is 79.8 Å². The molecule has 7 nitrogen and oxygen atoms in total. The Hall–Kier alpha value is -3.22. The molecule has 0 spiro atoms. The zero-order chi connectivity index (χ0) is 16.6. The lowest BCUT2D eigenvalue weighted by Gasteiger charge is -2.17. The van der Waals surface area contributed by atoms with E-state index in [4.69, 9.17) is 4.84 Å². The number of nitrogens with zero attached hydrogens (tertiary/aromatic N) is 3. The van der Waals surface area contributed by atoms with E-state index >= 15 is 0 Å². The third kappa shape index (κ3) is 2.42. The van der Waals surface area contributed by atoms with Crippen molar-refractivity contribution >= 4 is 23.5 Å². The van der Waals surface area contributed by atoms with Crippen molar-refractivity contribution in [3.63, 3.8) is 0 Å². The first kappa shape index (κ1) is 14.7. The zero-order valence-corrected chi connectivity index (χ0v) is 12.5. The van der Waals surface area contributed by atoms with Gasteiger partial charge in [-0.2, -0.15) is 0 Å². The fourth-order valence-corrected chi connectivity index (χ4v) is 2.29. The Kier molecular flexibility index (Phi) is 3.53. The summed E-state index contributed by atoms with van der Waals surface area (Å²) in [4.78, 5) is 47.4. The fourth-order valence-electron chi connectivity index (χ4n) is 2.29. The summed E-state index contributed by atoms with van der Waals surface area (Å²) < 4.78 is 0. The molecule has 116 valence electrons. The monoisotopic (exact) mass is 311 g/mol. The lowest BCUT2D eigenvalue weighted by Crippen LogP contribution is -2.33. The number of hydrogen-bond donors (Lipinski definition) is 0. The average molecular weight is 311 g/mol. The highest BCUT2D eigenvalue weighted by Crippen LogP contribution is 2.24. The summed E-state index contributed by atoms with van der Waals surface area (Å²) in [6.45, 7) is 0. The Bertz CT molecular complexity index is 781. The first-order valence-electron chi connectivity index (χ1n) is 6.83. The summed E-state index contributed by atoms with van der Waals surface area (Å²) in [5.41, 5.74) is 0.960. The van der Waals surface area contributed by atoms with Gasteiger partial charge in [0.05, 0.1) is 16.8 Å². The second-order valence-corrected chi connectivity index (χ2v) is 5.09. The van der Waals surface area contributed by atoms with Crippen molar-refractivity contribution in [2.75, 3.05) is 19.0 Å². The fraction of sp³-hybridized carbons (Fsp3) is 0.125. The number of hydroxylamine groups is 2. The van der Waals surface area contributed by atoms with Gasteiger partial charge < -0.3 is 9.74 Å². The van der Waals surface area contributed by atoms with E-state index in [1.807, 2.05) is 0 Å². The Labute approximate surface area is 132 Å². The maximum Gasteiger partial charge on any atom is 0.384 e. The number of fused-ring (bicyclic) bond motifs is 1. The van der Waals surface area contributed by atoms with Crippen molar-refractivity contribution in [1.82, 2.24) is 10.0 Å². The van der Waals surface area contributed by atoms with Crippen molar-refractivity contribution in [2.24, 2.45) is 0 Å². The molecule has 0 atom stereocenters. The van der Waals surface area contributed by atoms with Gasteiger partial charge in [-0.15, -0.1) is 0 Å². The highest BCUT2D eigenvalue weighted by atomic mass is 16.7. The summed E-state index contributed by atoms with van der Waals surface area (Å²) in [5, 5.41) is 0.473. The molecule has 3 rings (SSSR count). The van der Waals surface area contributed by atoms with Crippen molar-refractivity contribution in [3.05, 3.63) is 59.4 Å². The molecule has 0 bridgehead atoms. The lowest BCUT2D eigenvalue weighted by molar-refractivity contribution is -0.0587. The number of anilines is 1. The molecule has 0 N–H and O–H groups in total. The highest BCUT2D eigenvalue weighted by molar-refractivity contribution is 6.21. The van der Waals surface area contributed by atoms with Crippen molar-refractivity contribution in [3.8, 4) is 0 Å². The number of rotatable bonds is 3. The van der Waals surface area contributed by atoms with E-state index in [1.54, 1.807) is 43.3 Å². The predicted octanol–water partition coefficient (Wildman–Crippen LogP) is 1.52. The van der Waals surface area contributed by atoms with Gasteiger partial charge in [0.1, 0.15) is 0 Å². The van der Waals surface area contributed by atoms with Gasteiger partial charge in [0.25, 0.3) is 11.8 Å². The second-order valence-electron chi connectivity index (χ2n) is 5.09. The SMILES string of the molecule is CN(C)c1cccnc1C(=O)ON1C(=O)c2ccccc2C1=O. The third-order valence-electron chi connectivity index (χ3n) is 3.39. The molecule has 0 saturated carbocycles. The molecule has 0 saturated heterocycles. The van der Waals surface area contributed by atoms with Crippen LogP contribution >= 0.6 is 0 Å². The summed E-state index contributed by atoms with van der Waals surface area (Å²) in [6, 6.07) is 9.65. The van der Waals surface area contributed by atoms with Crippen LogP contribution < -0.4 is 4.90 Å². The lowest BCUT2D eigenvalue weighted by atomic mass is 10.1. The maximum absolute atomic E-state index is 12.3. The maximum atomic E-state index is 12.3. The van der Waals surface area contributed by atoms with Crippen molar-refractivity contribution in [1.29, 1.82) is 0 Å². The molecule has 0 aliphatic carbocycles. The summed E-state index contributed by atoms with van der Waals surface area (Å²) in [5.74, 6) is -2.20. The van der Waals surface area contributed by atoms with Gasteiger partial charge in [0.2, 0.25) is 0 Å². The van der Waals surface area contributed by atoms with E-state index in [2.05, 4.69) is 4.98 Å². The van der Waals surface area contributed by atoms with Gasteiger partial charge in [-0.05, 0) is 24.3 Å². The normalized spacial score (nSPS) is 13.0. The van der Waals surface area contributed by atoms with Crippen LogP contribution in [0.15, 0.2) is 42.6 Å². The zero-order valence-electron chi connectivity index (χ0n) is 12.5. The van der Waals surface area contributed by atoms with E-state index in [-0.39, 0.29) is 16.8 Å². The summed E-state index contributed by atoms with van der Waals surface area (Å²) >= 11 is 0. The average Bonchev–Trinajstić information content (AvgIpc) is 2.80. The van der Waals surface area contributed by atoms with Gasteiger partial charge in [0.15, 0.2) is 5.69 Å². The molecule has 0 radical (unpaired) electrons. The Morgan fingerprint density at radius 1 is 1.04 bits per heavy atom. The molecule has 1 aromatic heterocycles. The Balaban J connectivity index is 1.88. The summed E-state index contributed by atoms with van der Waals surface area (Å²) in [6.07, 6.45) is 1.44. The van der Waals surface area contributed by atoms with Crippen LogP contribution in [0.3, 0.4) is 0 Å². The van der Waals surface area contributed by atoms with Crippen LogP contribution in [0, 0.1) is 0 Å². The smallest absolute Gasteiger partial charge is 0.376 e. The molecule has 1 aliphatic heterocycles. The highest BCUT2D eigenvalue weighted by Gasteiger charge is 2.39. The van der Waals surface area contributed by atoms with E-state index in [0.29, 0.717) is 10.8 Å². The van der Waals surface area contributed by atoms with Gasteiger partial charge >= 0.3 is 5.97 Å². The molecule has 2 heterocycles. The molecule has 0 fully saturated rings.